The molecule has 0 aliphatic carbocycles. The second kappa shape index (κ2) is 8.92. The fourth-order valence-electron chi connectivity index (χ4n) is 3.53. The molecule has 3 aromatic carbocycles. The summed E-state index contributed by atoms with van der Waals surface area (Å²) in [5.41, 5.74) is -0.571. The minimum absolute atomic E-state index is 0.0522. The van der Waals surface area contributed by atoms with Crippen LogP contribution in [0.4, 0.5) is 23.2 Å². The van der Waals surface area contributed by atoms with E-state index < -0.39 is 44.8 Å². The second-order valence-corrected chi connectivity index (χ2v) is 9.80. The maximum atomic E-state index is 14.0. The standard InChI is InChI=1S/C23H16ClF4NO4S/c24-20-5-2-6-21(25)19(20)13-33-17-8-7-14-9-16(30)12-29(22(14)11-17)34(31,32)18-4-1-3-15(10-18)23(26,27)28/h1-8,10-11H,9,12-13H2. The van der Waals surface area contributed by atoms with Crippen molar-refractivity contribution >= 4 is 33.1 Å². The van der Waals surface area contributed by atoms with E-state index in [1.807, 2.05) is 0 Å². The summed E-state index contributed by atoms with van der Waals surface area (Å²) in [6.45, 7) is -0.794. The van der Waals surface area contributed by atoms with Crippen LogP contribution in [0.15, 0.2) is 65.6 Å². The number of hydrogen-bond donors (Lipinski definition) is 0. The highest BCUT2D eigenvalue weighted by atomic mass is 35.5. The van der Waals surface area contributed by atoms with Gasteiger partial charge in [0.1, 0.15) is 18.2 Å². The predicted octanol–water partition coefficient (Wildman–Crippen LogP) is 5.40. The Labute approximate surface area is 197 Å². The summed E-state index contributed by atoms with van der Waals surface area (Å²) >= 11 is 6.00. The van der Waals surface area contributed by atoms with Crippen LogP contribution in [-0.4, -0.2) is 20.7 Å². The van der Waals surface area contributed by atoms with Gasteiger partial charge in [0.2, 0.25) is 0 Å². The molecule has 0 bridgehead atoms. The molecule has 4 rings (SSSR count). The first-order valence-electron chi connectivity index (χ1n) is 9.87. The van der Waals surface area contributed by atoms with Gasteiger partial charge in [0.15, 0.2) is 5.78 Å². The highest BCUT2D eigenvalue weighted by Gasteiger charge is 2.36. The van der Waals surface area contributed by atoms with Crippen LogP contribution < -0.4 is 9.04 Å². The van der Waals surface area contributed by atoms with Gasteiger partial charge in [-0.2, -0.15) is 13.2 Å². The fourth-order valence-corrected chi connectivity index (χ4v) is 5.27. The van der Waals surface area contributed by atoms with Crippen LogP contribution in [0.2, 0.25) is 5.02 Å². The average Bonchev–Trinajstić information content (AvgIpc) is 2.78. The van der Waals surface area contributed by atoms with Gasteiger partial charge in [0, 0.05) is 18.1 Å². The van der Waals surface area contributed by atoms with Gasteiger partial charge in [0.25, 0.3) is 10.0 Å². The van der Waals surface area contributed by atoms with Crippen LogP contribution in [0.1, 0.15) is 16.7 Å². The molecule has 0 atom stereocenters. The summed E-state index contributed by atoms with van der Waals surface area (Å²) in [6.07, 6.45) is -4.79. The number of ketones is 1. The summed E-state index contributed by atoms with van der Waals surface area (Å²) in [7, 11) is -4.51. The van der Waals surface area contributed by atoms with Crippen molar-refractivity contribution in [2.24, 2.45) is 0 Å². The zero-order valence-corrected chi connectivity index (χ0v) is 18.8. The average molecular weight is 514 g/mol. The zero-order chi connectivity index (χ0) is 24.7. The SMILES string of the molecule is O=C1Cc2ccc(OCc3c(F)cccc3Cl)cc2N(S(=O)(=O)c2cccc(C(F)(F)F)c2)C1. The van der Waals surface area contributed by atoms with Gasteiger partial charge in [-0.05, 0) is 42.0 Å². The Hall–Kier alpha value is -3.11. The molecule has 0 fully saturated rings. The Morgan fingerprint density at radius 2 is 1.76 bits per heavy atom. The molecule has 0 unspecified atom stereocenters. The van der Waals surface area contributed by atoms with E-state index in [4.69, 9.17) is 16.3 Å². The van der Waals surface area contributed by atoms with E-state index in [0.717, 1.165) is 22.5 Å². The Bertz CT molecular complexity index is 1360. The first-order valence-corrected chi connectivity index (χ1v) is 11.7. The van der Waals surface area contributed by atoms with Crippen molar-refractivity contribution in [1.29, 1.82) is 0 Å². The number of alkyl halides is 3. The molecular formula is C23H16ClF4NO4S. The van der Waals surface area contributed by atoms with E-state index in [-0.39, 0.29) is 35.1 Å². The number of carbonyl (C=O) groups excluding carboxylic acids is 1. The number of rotatable bonds is 5. The summed E-state index contributed by atoms with van der Waals surface area (Å²) in [4.78, 5) is 11.6. The normalized spacial score (nSPS) is 14.1. The molecule has 0 aromatic heterocycles. The Morgan fingerprint density at radius 1 is 1.03 bits per heavy atom. The molecule has 5 nitrogen and oxygen atoms in total. The molecule has 1 aliphatic heterocycles. The Kier molecular flexibility index (Phi) is 6.30. The minimum Gasteiger partial charge on any atom is -0.489 e. The van der Waals surface area contributed by atoms with E-state index in [9.17, 15) is 30.8 Å². The fraction of sp³-hybridized carbons (Fsp3) is 0.174. The summed E-state index contributed by atoms with van der Waals surface area (Å²) in [5.74, 6) is -0.837. The van der Waals surface area contributed by atoms with E-state index in [0.29, 0.717) is 11.6 Å². The van der Waals surface area contributed by atoms with Crippen molar-refractivity contribution in [2.75, 3.05) is 10.8 Å². The lowest BCUT2D eigenvalue weighted by Gasteiger charge is -2.30. The number of sulfonamides is 1. The maximum Gasteiger partial charge on any atom is 0.416 e. The molecule has 34 heavy (non-hydrogen) atoms. The number of Topliss-reactive ketones (excluding diaryl/α,β-unsaturated/α-hetero) is 1. The predicted molar refractivity (Wildman–Crippen MR) is 117 cm³/mol. The number of nitrogens with zero attached hydrogens (tertiary/aromatic N) is 1. The van der Waals surface area contributed by atoms with Gasteiger partial charge < -0.3 is 4.74 Å². The number of carbonyl (C=O) groups is 1. The van der Waals surface area contributed by atoms with Crippen LogP contribution in [0.25, 0.3) is 0 Å². The van der Waals surface area contributed by atoms with Gasteiger partial charge >= 0.3 is 6.18 Å². The third-order valence-electron chi connectivity index (χ3n) is 5.23. The van der Waals surface area contributed by atoms with E-state index in [1.54, 1.807) is 0 Å². The number of fused-ring (bicyclic) bond motifs is 1. The van der Waals surface area contributed by atoms with Gasteiger partial charge in [0.05, 0.1) is 27.7 Å². The molecule has 0 radical (unpaired) electrons. The first kappa shape index (κ1) is 24.0. The molecule has 1 aliphatic rings. The number of ether oxygens (including phenoxy) is 1. The third kappa shape index (κ3) is 4.74. The monoisotopic (exact) mass is 513 g/mol. The molecule has 11 heteroatoms. The molecule has 0 N–H and O–H groups in total. The van der Waals surface area contributed by atoms with Crippen molar-refractivity contribution in [1.82, 2.24) is 0 Å². The van der Waals surface area contributed by atoms with Crippen molar-refractivity contribution in [2.45, 2.75) is 24.1 Å². The molecule has 178 valence electrons. The van der Waals surface area contributed by atoms with Gasteiger partial charge in [-0.3, -0.25) is 9.10 Å². The second-order valence-electron chi connectivity index (χ2n) is 7.53. The van der Waals surface area contributed by atoms with E-state index >= 15 is 0 Å². The van der Waals surface area contributed by atoms with Gasteiger partial charge in [-0.15, -0.1) is 0 Å². The summed E-state index contributed by atoms with van der Waals surface area (Å²) in [6, 6.07) is 11.8. The summed E-state index contributed by atoms with van der Waals surface area (Å²) in [5, 5.41) is 0.150. The van der Waals surface area contributed by atoms with Crippen molar-refractivity contribution in [3.63, 3.8) is 0 Å². The molecule has 3 aromatic rings. The van der Waals surface area contributed by atoms with Gasteiger partial charge in [-0.25, -0.2) is 12.8 Å². The lowest BCUT2D eigenvalue weighted by Crippen LogP contribution is -2.40. The van der Waals surface area contributed by atoms with Crippen LogP contribution in [0.3, 0.4) is 0 Å². The molecule has 0 amide bonds. The van der Waals surface area contributed by atoms with Crippen molar-refractivity contribution in [3.05, 3.63) is 88.2 Å². The van der Waals surface area contributed by atoms with Crippen LogP contribution in [0.5, 0.6) is 5.75 Å². The smallest absolute Gasteiger partial charge is 0.416 e. The number of halogens is 5. The maximum absolute atomic E-state index is 14.0. The summed E-state index contributed by atoms with van der Waals surface area (Å²) < 4.78 is 86.2. The van der Waals surface area contributed by atoms with Gasteiger partial charge in [-0.1, -0.05) is 29.8 Å². The van der Waals surface area contributed by atoms with E-state index in [1.165, 1.54) is 36.4 Å². The quantitative estimate of drug-likeness (QED) is 0.429. The molecule has 0 saturated heterocycles. The van der Waals surface area contributed by atoms with Crippen molar-refractivity contribution in [3.8, 4) is 5.75 Å². The lowest BCUT2D eigenvalue weighted by molar-refractivity contribution is -0.137. The lowest BCUT2D eigenvalue weighted by atomic mass is 10.0. The number of hydrogen-bond acceptors (Lipinski definition) is 4. The Morgan fingerprint density at radius 3 is 2.47 bits per heavy atom. The third-order valence-corrected chi connectivity index (χ3v) is 7.34. The van der Waals surface area contributed by atoms with E-state index in [2.05, 4.69) is 0 Å². The molecular weight excluding hydrogens is 498 g/mol. The molecule has 0 spiro atoms. The number of anilines is 1. The first-order chi connectivity index (χ1) is 16.0. The highest BCUT2D eigenvalue weighted by molar-refractivity contribution is 7.92. The van der Waals surface area contributed by atoms with Crippen LogP contribution >= 0.6 is 11.6 Å². The number of benzene rings is 3. The largest absolute Gasteiger partial charge is 0.489 e. The Balaban J connectivity index is 1.69. The van der Waals surface area contributed by atoms with Crippen molar-refractivity contribution < 1.29 is 35.5 Å². The van der Waals surface area contributed by atoms with Crippen LogP contribution in [0, 0.1) is 5.82 Å². The zero-order valence-electron chi connectivity index (χ0n) is 17.3. The topological polar surface area (TPSA) is 63.7 Å². The van der Waals surface area contributed by atoms with Crippen LogP contribution in [-0.2, 0) is 34.0 Å². The molecule has 0 saturated carbocycles. The highest BCUT2D eigenvalue weighted by Crippen LogP contribution is 2.36. The minimum atomic E-state index is -4.74. The molecule has 1 heterocycles.